The van der Waals surface area contributed by atoms with E-state index in [-0.39, 0.29) is 5.91 Å². The van der Waals surface area contributed by atoms with Gasteiger partial charge in [-0.15, -0.1) is 0 Å². The number of carbonyl (C=O) groups is 1. The van der Waals surface area contributed by atoms with Gasteiger partial charge in [-0.2, -0.15) is 0 Å². The topological polar surface area (TPSA) is 44.4 Å². The lowest BCUT2D eigenvalue weighted by molar-refractivity contribution is -0.117. The van der Waals surface area contributed by atoms with E-state index >= 15 is 0 Å². The van der Waals surface area contributed by atoms with Crippen molar-refractivity contribution in [1.29, 1.82) is 0 Å². The molecule has 0 bridgehead atoms. The Morgan fingerprint density at radius 1 is 1.19 bits per heavy atom. The van der Waals surface area contributed by atoms with E-state index < -0.39 is 0 Å². The molecule has 2 aliphatic heterocycles. The molecule has 144 valence electrons. The molecule has 0 radical (unpaired) electrons. The number of hydrogen-bond acceptors (Lipinski definition) is 3. The molecule has 1 saturated heterocycles. The van der Waals surface area contributed by atoms with E-state index in [1.807, 2.05) is 0 Å². The number of allylic oxidation sites excluding steroid dienone is 1. The van der Waals surface area contributed by atoms with Crippen LogP contribution in [0.5, 0.6) is 0 Å². The minimum absolute atomic E-state index is 0.0609. The van der Waals surface area contributed by atoms with Gasteiger partial charge in [0.15, 0.2) is 0 Å². The van der Waals surface area contributed by atoms with Crippen molar-refractivity contribution in [3.8, 4) is 0 Å². The van der Waals surface area contributed by atoms with E-state index in [4.69, 9.17) is 0 Å². The number of likely N-dealkylation sites (tertiary alicyclic amines) is 1. The molecule has 1 spiro atoms. The molecule has 1 aliphatic carbocycles. The summed E-state index contributed by atoms with van der Waals surface area (Å²) in [6.45, 7) is 9.22. The first-order valence-corrected chi connectivity index (χ1v) is 10.3. The van der Waals surface area contributed by atoms with Crippen molar-refractivity contribution in [2.45, 2.75) is 51.9 Å². The van der Waals surface area contributed by atoms with E-state index in [1.165, 1.54) is 23.2 Å². The second-order valence-corrected chi connectivity index (χ2v) is 8.54. The molecule has 0 saturated carbocycles. The van der Waals surface area contributed by atoms with E-state index in [2.05, 4.69) is 53.3 Å². The van der Waals surface area contributed by atoms with Crippen molar-refractivity contribution in [2.24, 2.45) is 5.41 Å². The van der Waals surface area contributed by atoms with Crippen LogP contribution in [0.15, 0.2) is 47.8 Å². The van der Waals surface area contributed by atoms with Gasteiger partial charge in [0.2, 0.25) is 0 Å². The Bertz CT molecular complexity index is 772. The van der Waals surface area contributed by atoms with Crippen LogP contribution >= 0.6 is 0 Å². The van der Waals surface area contributed by atoms with Crippen LogP contribution in [0.3, 0.4) is 0 Å². The number of carbonyl (C=O) groups excluding carboxylic acids is 1. The zero-order valence-corrected chi connectivity index (χ0v) is 16.4. The third-order valence-corrected chi connectivity index (χ3v) is 6.72. The van der Waals surface area contributed by atoms with Gasteiger partial charge in [-0.1, -0.05) is 30.4 Å². The summed E-state index contributed by atoms with van der Waals surface area (Å²) in [6, 6.07) is 8.65. The standard InChI is InChI=1S/C23H31N3O/c1-17-7-3-5-9-20(17)22(27)25-18(2)26-13-11-23(12-14-26)15-19-8-4-6-10-21(19)24-16-23/h4,6,8,10,24H,2-3,5,7,9,11-16H2,1H3,(H,25,27). The minimum atomic E-state index is 0.0609. The number of para-hydroxylation sites is 1. The van der Waals surface area contributed by atoms with Gasteiger partial charge in [0.25, 0.3) is 5.91 Å². The highest BCUT2D eigenvalue weighted by Crippen LogP contribution is 2.40. The zero-order chi connectivity index (χ0) is 18.9. The lowest BCUT2D eigenvalue weighted by Crippen LogP contribution is -2.48. The molecule has 2 N–H and O–H groups in total. The molecule has 0 aromatic heterocycles. The second kappa shape index (κ2) is 7.41. The molecule has 0 unspecified atom stereocenters. The van der Waals surface area contributed by atoms with Crippen LogP contribution in [0.25, 0.3) is 0 Å². The van der Waals surface area contributed by atoms with E-state index in [0.29, 0.717) is 5.41 Å². The summed E-state index contributed by atoms with van der Waals surface area (Å²) in [4.78, 5) is 14.9. The van der Waals surface area contributed by atoms with Crippen LogP contribution in [-0.4, -0.2) is 30.4 Å². The number of nitrogens with zero attached hydrogens (tertiary/aromatic N) is 1. The first kappa shape index (κ1) is 18.1. The summed E-state index contributed by atoms with van der Waals surface area (Å²) >= 11 is 0. The molecule has 3 aliphatic rings. The number of hydrogen-bond donors (Lipinski definition) is 2. The Hall–Kier alpha value is -2.23. The highest BCUT2D eigenvalue weighted by Gasteiger charge is 2.38. The number of anilines is 1. The highest BCUT2D eigenvalue weighted by atomic mass is 16.1. The van der Waals surface area contributed by atoms with Gasteiger partial charge in [0.1, 0.15) is 5.82 Å². The highest BCUT2D eigenvalue weighted by molar-refractivity contribution is 5.95. The molecule has 1 fully saturated rings. The fourth-order valence-electron chi connectivity index (χ4n) is 4.85. The monoisotopic (exact) mass is 365 g/mol. The third-order valence-electron chi connectivity index (χ3n) is 6.72. The number of nitrogens with one attached hydrogen (secondary N) is 2. The fourth-order valence-corrected chi connectivity index (χ4v) is 4.85. The summed E-state index contributed by atoms with van der Waals surface area (Å²) in [5.74, 6) is 0.829. The van der Waals surface area contributed by atoms with Crippen molar-refractivity contribution in [1.82, 2.24) is 10.2 Å². The van der Waals surface area contributed by atoms with Crippen molar-refractivity contribution in [2.75, 3.05) is 25.0 Å². The van der Waals surface area contributed by atoms with Gasteiger partial charge in [-0.05, 0) is 68.9 Å². The zero-order valence-electron chi connectivity index (χ0n) is 16.4. The van der Waals surface area contributed by atoms with Crippen LogP contribution in [-0.2, 0) is 11.2 Å². The number of fused-ring (bicyclic) bond motifs is 1. The average molecular weight is 366 g/mol. The minimum Gasteiger partial charge on any atom is -0.384 e. The summed E-state index contributed by atoms with van der Waals surface area (Å²) in [7, 11) is 0. The van der Waals surface area contributed by atoms with E-state index in [1.54, 1.807) is 0 Å². The van der Waals surface area contributed by atoms with Gasteiger partial charge >= 0.3 is 0 Å². The predicted octanol–water partition coefficient (Wildman–Crippen LogP) is 4.21. The molecule has 2 heterocycles. The van der Waals surface area contributed by atoms with Gasteiger partial charge in [-0.25, -0.2) is 0 Å². The van der Waals surface area contributed by atoms with Gasteiger partial charge in [-0.3, -0.25) is 4.79 Å². The molecule has 4 heteroatoms. The SMILES string of the molecule is C=C(NC(=O)C1=C(C)CCCC1)N1CCC2(CC1)CNc1ccccc1C2. The van der Waals surface area contributed by atoms with Crippen LogP contribution in [0.4, 0.5) is 5.69 Å². The normalized spacial score (nSPS) is 21.4. The molecule has 4 nitrogen and oxygen atoms in total. The van der Waals surface area contributed by atoms with Crippen molar-refractivity contribution >= 4 is 11.6 Å². The van der Waals surface area contributed by atoms with Gasteiger partial charge < -0.3 is 15.5 Å². The van der Waals surface area contributed by atoms with Crippen molar-refractivity contribution in [3.63, 3.8) is 0 Å². The number of amides is 1. The maximum absolute atomic E-state index is 12.6. The predicted molar refractivity (Wildman–Crippen MR) is 110 cm³/mol. The average Bonchev–Trinajstić information content (AvgIpc) is 2.68. The van der Waals surface area contributed by atoms with Gasteiger partial charge in [0.05, 0.1) is 0 Å². The van der Waals surface area contributed by atoms with Crippen LogP contribution < -0.4 is 10.6 Å². The first-order chi connectivity index (χ1) is 13.1. The molecular weight excluding hydrogens is 334 g/mol. The molecule has 0 atom stereocenters. The van der Waals surface area contributed by atoms with Gasteiger partial charge in [0, 0.05) is 30.9 Å². The number of rotatable bonds is 3. The molecule has 1 aromatic rings. The molecule has 1 aromatic carbocycles. The quantitative estimate of drug-likeness (QED) is 0.843. The Balaban J connectivity index is 1.34. The molecule has 4 rings (SSSR count). The lowest BCUT2D eigenvalue weighted by atomic mass is 9.71. The largest absolute Gasteiger partial charge is 0.384 e. The van der Waals surface area contributed by atoms with Crippen molar-refractivity contribution < 1.29 is 4.79 Å². The summed E-state index contributed by atoms with van der Waals surface area (Å²) in [6.07, 6.45) is 7.68. The molecule has 27 heavy (non-hydrogen) atoms. The molecular formula is C23H31N3O. The van der Waals surface area contributed by atoms with E-state index in [9.17, 15) is 4.79 Å². The smallest absolute Gasteiger partial charge is 0.252 e. The Morgan fingerprint density at radius 3 is 2.70 bits per heavy atom. The number of benzene rings is 1. The lowest BCUT2D eigenvalue weighted by Gasteiger charge is -2.46. The summed E-state index contributed by atoms with van der Waals surface area (Å²) in [5.41, 5.74) is 5.28. The summed E-state index contributed by atoms with van der Waals surface area (Å²) < 4.78 is 0. The van der Waals surface area contributed by atoms with Crippen LogP contribution in [0.2, 0.25) is 0 Å². The third kappa shape index (κ3) is 3.76. The maximum atomic E-state index is 12.6. The van der Waals surface area contributed by atoms with Crippen molar-refractivity contribution in [3.05, 3.63) is 53.4 Å². The second-order valence-electron chi connectivity index (χ2n) is 8.54. The Kier molecular flexibility index (Phi) is 4.98. The molecule has 1 amide bonds. The van der Waals surface area contributed by atoms with Crippen LogP contribution in [0, 0.1) is 5.41 Å². The summed E-state index contributed by atoms with van der Waals surface area (Å²) in [5, 5.41) is 6.71. The van der Waals surface area contributed by atoms with Crippen LogP contribution in [0.1, 0.15) is 51.0 Å². The Labute approximate surface area is 162 Å². The maximum Gasteiger partial charge on any atom is 0.252 e. The fraction of sp³-hybridized carbons (Fsp3) is 0.522. The number of piperidine rings is 1. The first-order valence-electron chi connectivity index (χ1n) is 10.3. The Morgan fingerprint density at radius 2 is 1.93 bits per heavy atom. The van der Waals surface area contributed by atoms with E-state index in [0.717, 1.165) is 69.6 Å².